The Hall–Kier alpha value is -3.13. The van der Waals surface area contributed by atoms with Gasteiger partial charge in [-0.3, -0.25) is 4.79 Å². The molecule has 0 atom stereocenters. The van der Waals surface area contributed by atoms with Gasteiger partial charge < -0.3 is 4.57 Å². The van der Waals surface area contributed by atoms with E-state index in [1.165, 1.54) is 5.56 Å². The van der Waals surface area contributed by atoms with E-state index in [1.54, 1.807) is 0 Å². The van der Waals surface area contributed by atoms with Gasteiger partial charge in [0.1, 0.15) is 0 Å². The largest absolute Gasteiger partial charge is 0.303 e. The van der Waals surface area contributed by atoms with Gasteiger partial charge in [0.2, 0.25) is 0 Å². The summed E-state index contributed by atoms with van der Waals surface area (Å²) < 4.78 is 1.89. The topological polar surface area (TPSA) is 22.0 Å². The van der Waals surface area contributed by atoms with Gasteiger partial charge in [0, 0.05) is 10.9 Å². The molecule has 3 aromatic carbocycles. The third kappa shape index (κ3) is 2.87. The van der Waals surface area contributed by atoms with E-state index in [-0.39, 0.29) is 5.56 Å². The van der Waals surface area contributed by atoms with Crippen LogP contribution in [0.5, 0.6) is 0 Å². The summed E-state index contributed by atoms with van der Waals surface area (Å²) in [6.45, 7) is 2.66. The quantitative estimate of drug-likeness (QED) is 0.518. The van der Waals surface area contributed by atoms with Crippen molar-refractivity contribution in [1.29, 1.82) is 0 Å². The van der Waals surface area contributed by atoms with Crippen LogP contribution in [0.25, 0.3) is 22.0 Å². The van der Waals surface area contributed by atoms with Crippen molar-refractivity contribution in [2.45, 2.75) is 13.5 Å². The summed E-state index contributed by atoms with van der Waals surface area (Å²) in [6.07, 6.45) is 0. The van der Waals surface area contributed by atoms with Crippen LogP contribution in [0, 0.1) is 6.92 Å². The number of nitrogens with zero attached hydrogens (tertiary/aromatic N) is 1. The second kappa shape index (κ2) is 6.40. The van der Waals surface area contributed by atoms with Crippen LogP contribution in [0.15, 0.2) is 89.7 Å². The minimum atomic E-state index is 0.0492. The molecule has 0 aliphatic carbocycles. The predicted octanol–water partition coefficient (Wildman–Crippen LogP) is 5.03. The first-order chi connectivity index (χ1) is 12.2. The maximum Gasteiger partial charge on any atom is 0.259 e. The fraction of sp³-hybridized carbons (Fsp3) is 0.0870. The normalized spacial score (nSPS) is 10.9. The molecule has 4 rings (SSSR count). The highest BCUT2D eigenvalue weighted by atomic mass is 16.1. The molecule has 0 aliphatic heterocycles. The zero-order valence-electron chi connectivity index (χ0n) is 14.1. The van der Waals surface area contributed by atoms with Crippen LogP contribution in [0.3, 0.4) is 0 Å². The fourth-order valence-corrected chi connectivity index (χ4v) is 3.30. The molecule has 0 unspecified atom stereocenters. The Balaban J connectivity index is 2.01. The number of aryl methyl sites for hydroxylation is 1. The van der Waals surface area contributed by atoms with Crippen molar-refractivity contribution in [2.24, 2.45) is 0 Å². The molecule has 25 heavy (non-hydrogen) atoms. The Morgan fingerprint density at radius 2 is 1.48 bits per heavy atom. The Morgan fingerprint density at radius 3 is 2.20 bits per heavy atom. The highest BCUT2D eigenvalue weighted by molar-refractivity contribution is 5.87. The molecule has 0 spiro atoms. The molecule has 0 amide bonds. The minimum Gasteiger partial charge on any atom is -0.303 e. The van der Waals surface area contributed by atoms with E-state index >= 15 is 0 Å². The molecule has 0 N–H and O–H groups in total. The highest BCUT2D eigenvalue weighted by Crippen LogP contribution is 2.24. The molecule has 4 aromatic rings. The fourth-order valence-electron chi connectivity index (χ4n) is 3.30. The summed E-state index contributed by atoms with van der Waals surface area (Å²) >= 11 is 0. The lowest BCUT2D eigenvalue weighted by molar-refractivity contribution is 0.796. The first-order valence-electron chi connectivity index (χ1n) is 8.46. The van der Waals surface area contributed by atoms with Gasteiger partial charge in [-0.1, -0.05) is 72.8 Å². The van der Waals surface area contributed by atoms with E-state index in [2.05, 4.69) is 25.1 Å². The lowest BCUT2D eigenvalue weighted by Crippen LogP contribution is -2.23. The highest BCUT2D eigenvalue weighted by Gasteiger charge is 2.12. The van der Waals surface area contributed by atoms with E-state index in [0.29, 0.717) is 6.54 Å². The van der Waals surface area contributed by atoms with Gasteiger partial charge in [-0.2, -0.15) is 0 Å². The Morgan fingerprint density at radius 1 is 0.800 bits per heavy atom. The molecular weight excluding hydrogens is 306 g/mol. The number of aromatic nitrogens is 1. The second-order valence-corrected chi connectivity index (χ2v) is 6.31. The summed E-state index contributed by atoms with van der Waals surface area (Å²) in [5.74, 6) is 0. The van der Waals surface area contributed by atoms with Crippen molar-refractivity contribution in [3.8, 4) is 11.1 Å². The van der Waals surface area contributed by atoms with Crippen molar-refractivity contribution in [3.05, 3.63) is 106 Å². The van der Waals surface area contributed by atoms with Gasteiger partial charge in [-0.15, -0.1) is 0 Å². The predicted molar refractivity (Wildman–Crippen MR) is 104 cm³/mol. The lowest BCUT2D eigenvalue weighted by atomic mass is 10.0. The van der Waals surface area contributed by atoms with E-state index < -0.39 is 0 Å². The molecule has 1 heterocycles. The van der Waals surface area contributed by atoms with E-state index in [1.807, 2.05) is 71.3 Å². The van der Waals surface area contributed by atoms with Crippen LogP contribution in [-0.4, -0.2) is 4.57 Å². The van der Waals surface area contributed by atoms with Gasteiger partial charge in [0.15, 0.2) is 0 Å². The standard InChI is InChI=1S/C23H19NO/c1-17-9-8-14-22-20(17)15-21(19-12-6-3-7-13-19)23(25)24(22)16-18-10-4-2-5-11-18/h2-15H,16H2,1H3. The third-order valence-electron chi connectivity index (χ3n) is 4.62. The summed E-state index contributed by atoms with van der Waals surface area (Å²) in [7, 11) is 0. The molecule has 0 radical (unpaired) electrons. The first-order valence-corrected chi connectivity index (χ1v) is 8.46. The Kier molecular flexibility index (Phi) is 3.95. The summed E-state index contributed by atoms with van der Waals surface area (Å²) in [6, 6.07) is 28.2. The number of pyridine rings is 1. The Bertz CT molecular complexity index is 1080. The van der Waals surface area contributed by atoms with Gasteiger partial charge in [0.05, 0.1) is 12.1 Å². The average molecular weight is 325 g/mol. The van der Waals surface area contributed by atoms with Crippen molar-refractivity contribution in [1.82, 2.24) is 4.57 Å². The second-order valence-electron chi connectivity index (χ2n) is 6.31. The summed E-state index contributed by atoms with van der Waals surface area (Å²) in [4.78, 5) is 13.3. The molecular formula is C23H19NO. The zero-order chi connectivity index (χ0) is 17.2. The monoisotopic (exact) mass is 325 g/mol. The van der Waals surface area contributed by atoms with Crippen LogP contribution >= 0.6 is 0 Å². The molecule has 0 saturated heterocycles. The van der Waals surface area contributed by atoms with Crippen LogP contribution < -0.4 is 5.56 Å². The van der Waals surface area contributed by atoms with Crippen LogP contribution in [0.4, 0.5) is 0 Å². The van der Waals surface area contributed by atoms with Crippen molar-refractivity contribution in [2.75, 3.05) is 0 Å². The van der Waals surface area contributed by atoms with Crippen molar-refractivity contribution >= 4 is 10.9 Å². The molecule has 2 heteroatoms. The molecule has 2 nitrogen and oxygen atoms in total. The van der Waals surface area contributed by atoms with E-state index in [0.717, 1.165) is 27.6 Å². The number of fused-ring (bicyclic) bond motifs is 1. The average Bonchev–Trinajstić information content (AvgIpc) is 2.66. The maximum atomic E-state index is 13.3. The summed E-state index contributed by atoms with van der Waals surface area (Å²) in [5, 5.41) is 1.12. The van der Waals surface area contributed by atoms with Gasteiger partial charge in [0.25, 0.3) is 5.56 Å². The van der Waals surface area contributed by atoms with E-state index in [9.17, 15) is 4.79 Å². The molecule has 0 bridgehead atoms. The maximum absolute atomic E-state index is 13.3. The van der Waals surface area contributed by atoms with Crippen molar-refractivity contribution in [3.63, 3.8) is 0 Å². The van der Waals surface area contributed by atoms with Gasteiger partial charge in [-0.25, -0.2) is 0 Å². The molecule has 0 fully saturated rings. The number of rotatable bonds is 3. The van der Waals surface area contributed by atoms with Gasteiger partial charge in [-0.05, 0) is 35.7 Å². The lowest BCUT2D eigenvalue weighted by Gasteiger charge is -2.15. The third-order valence-corrected chi connectivity index (χ3v) is 4.62. The number of benzene rings is 3. The van der Waals surface area contributed by atoms with E-state index in [4.69, 9.17) is 0 Å². The smallest absolute Gasteiger partial charge is 0.259 e. The molecule has 122 valence electrons. The number of hydrogen-bond donors (Lipinski definition) is 0. The Labute approximate surface area is 147 Å². The van der Waals surface area contributed by atoms with Crippen molar-refractivity contribution < 1.29 is 0 Å². The summed E-state index contributed by atoms with van der Waals surface area (Å²) in [5.41, 5.74) is 5.04. The molecule has 1 aromatic heterocycles. The molecule has 0 saturated carbocycles. The zero-order valence-corrected chi connectivity index (χ0v) is 14.1. The van der Waals surface area contributed by atoms with Crippen LogP contribution in [-0.2, 0) is 6.54 Å². The van der Waals surface area contributed by atoms with Gasteiger partial charge >= 0.3 is 0 Å². The molecule has 0 aliphatic rings. The van der Waals surface area contributed by atoms with Crippen LogP contribution in [0.1, 0.15) is 11.1 Å². The number of hydrogen-bond acceptors (Lipinski definition) is 1. The first kappa shape index (κ1) is 15.4. The SMILES string of the molecule is Cc1cccc2c1cc(-c1ccccc1)c(=O)n2Cc1ccccc1. The van der Waals surface area contributed by atoms with Crippen LogP contribution in [0.2, 0.25) is 0 Å². The minimum absolute atomic E-state index is 0.0492.